The van der Waals surface area contributed by atoms with Gasteiger partial charge in [-0.2, -0.15) is 0 Å². The average molecular weight is 219 g/mol. The third-order valence-corrected chi connectivity index (χ3v) is 1.80. The van der Waals surface area contributed by atoms with Crippen LogP contribution in [0.5, 0.6) is 0 Å². The highest BCUT2D eigenvalue weighted by Gasteiger charge is 1.94. The number of nitrogens with zero attached hydrogens (tertiary/aromatic N) is 1. The minimum atomic E-state index is 1.04. The highest BCUT2D eigenvalue weighted by Crippen LogP contribution is 2.07. The van der Waals surface area contributed by atoms with E-state index in [0.717, 1.165) is 6.54 Å². The van der Waals surface area contributed by atoms with Gasteiger partial charge in [-0.25, -0.2) is 0 Å². The molecule has 0 aromatic carbocycles. The molecule has 0 fully saturated rings. The quantitative estimate of drug-likeness (QED) is 0.329. The molecule has 0 spiro atoms. The molecule has 0 amide bonds. The summed E-state index contributed by atoms with van der Waals surface area (Å²) in [6.45, 7) is 1.04. The van der Waals surface area contributed by atoms with Gasteiger partial charge in [0.1, 0.15) is 7.85 Å². The molecule has 0 atom stereocenters. The highest BCUT2D eigenvalue weighted by molar-refractivity contribution is 14.1. The molecule has 1 aliphatic rings. The zero-order valence-corrected chi connectivity index (χ0v) is 6.92. The zero-order chi connectivity index (χ0) is 5.98. The van der Waals surface area contributed by atoms with Crippen LogP contribution in [0.15, 0.2) is 23.8 Å². The Morgan fingerprint density at radius 3 is 2.88 bits per heavy atom. The molecule has 0 saturated heterocycles. The van der Waals surface area contributed by atoms with Gasteiger partial charge >= 0.3 is 0 Å². The van der Waals surface area contributed by atoms with Crippen LogP contribution >= 0.6 is 22.9 Å². The van der Waals surface area contributed by atoms with Crippen LogP contribution in [0.25, 0.3) is 0 Å². The van der Waals surface area contributed by atoms with Gasteiger partial charge in [-0.05, 0) is 0 Å². The second-order valence-electron chi connectivity index (χ2n) is 1.85. The summed E-state index contributed by atoms with van der Waals surface area (Å²) in [4.78, 5) is 0. The van der Waals surface area contributed by atoms with Crippen LogP contribution in [0, 0.1) is 0 Å². The molecule has 0 aromatic heterocycles. The van der Waals surface area contributed by atoms with Gasteiger partial charge < -0.3 is 3.11 Å². The van der Waals surface area contributed by atoms with Crippen molar-refractivity contribution in [2.45, 2.75) is 0 Å². The first kappa shape index (κ1) is 6.20. The summed E-state index contributed by atoms with van der Waals surface area (Å²) in [7, 11) is 2.11. The average Bonchev–Trinajstić information content (AvgIpc) is 1.77. The second kappa shape index (κ2) is 2.57. The topological polar surface area (TPSA) is 3.24 Å². The molecule has 3 heteroatoms. The largest absolute Gasteiger partial charge is 0.318 e. The SMILES string of the molecule is BC1=CCN(I)C=C1. The van der Waals surface area contributed by atoms with Crippen molar-refractivity contribution >= 4 is 30.7 Å². The Morgan fingerprint density at radius 2 is 2.50 bits per heavy atom. The van der Waals surface area contributed by atoms with Crippen molar-refractivity contribution in [2.75, 3.05) is 6.54 Å². The number of hydrogen-bond acceptors (Lipinski definition) is 1. The lowest BCUT2D eigenvalue weighted by Gasteiger charge is -2.12. The van der Waals surface area contributed by atoms with Gasteiger partial charge in [0.25, 0.3) is 0 Å². The normalized spacial score (nSPS) is 18.6. The van der Waals surface area contributed by atoms with Crippen molar-refractivity contribution < 1.29 is 0 Å². The van der Waals surface area contributed by atoms with E-state index in [4.69, 9.17) is 0 Å². The Bertz CT molecular complexity index is 141. The first-order valence-electron chi connectivity index (χ1n) is 2.56. The van der Waals surface area contributed by atoms with E-state index >= 15 is 0 Å². The molecule has 0 aliphatic carbocycles. The molecule has 0 N–H and O–H groups in total. The van der Waals surface area contributed by atoms with Crippen molar-refractivity contribution in [3.8, 4) is 0 Å². The van der Waals surface area contributed by atoms with Crippen LogP contribution in [0.3, 0.4) is 0 Å². The first-order valence-corrected chi connectivity index (χ1v) is 3.53. The van der Waals surface area contributed by atoms with Crippen molar-refractivity contribution in [3.05, 3.63) is 23.8 Å². The Morgan fingerprint density at radius 1 is 1.75 bits per heavy atom. The molecule has 0 bridgehead atoms. The third-order valence-electron chi connectivity index (χ3n) is 1.09. The smallest absolute Gasteiger partial charge is 0.139 e. The standard InChI is InChI=1S/C5H7BIN/c6-5-1-3-8(7)4-2-5/h1-3H,4,6H2. The maximum atomic E-state index is 2.27. The molecular formula is C5H7BIN. The van der Waals surface area contributed by atoms with Crippen LogP contribution < -0.4 is 0 Å². The van der Waals surface area contributed by atoms with E-state index in [1.165, 1.54) is 5.47 Å². The lowest BCUT2D eigenvalue weighted by Crippen LogP contribution is -2.06. The fraction of sp³-hybridized carbons (Fsp3) is 0.200. The Balaban J connectivity index is 2.58. The van der Waals surface area contributed by atoms with Gasteiger partial charge in [-0.1, -0.05) is 17.6 Å². The van der Waals surface area contributed by atoms with Crippen LogP contribution in [0.1, 0.15) is 0 Å². The number of allylic oxidation sites excluding steroid dienone is 2. The van der Waals surface area contributed by atoms with Crippen LogP contribution in [-0.4, -0.2) is 17.5 Å². The molecule has 0 saturated carbocycles. The molecule has 0 radical (unpaired) electrons. The van der Waals surface area contributed by atoms with Crippen molar-refractivity contribution in [1.82, 2.24) is 3.11 Å². The third kappa shape index (κ3) is 1.54. The Labute approximate surface area is 64.3 Å². The maximum Gasteiger partial charge on any atom is 0.139 e. The van der Waals surface area contributed by atoms with Crippen LogP contribution in [0.4, 0.5) is 0 Å². The molecule has 1 heterocycles. The molecule has 1 rings (SSSR count). The zero-order valence-electron chi connectivity index (χ0n) is 4.76. The van der Waals surface area contributed by atoms with E-state index in [1.54, 1.807) is 0 Å². The minimum Gasteiger partial charge on any atom is -0.318 e. The maximum absolute atomic E-state index is 2.27. The predicted octanol–water partition coefficient (Wildman–Crippen LogP) is 0.683. The molecule has 0 aromatic rings. The predicted molar refractivity (Wildman–Crippen MR) is 46.5 cm³/mol. The highest BCUT2D eigenvalue weighted by atomic mass is 127. The number of hydrogen-bond donors (Lipinski definition) is 0. The van der Waals surface area contributed by atoms with E-state index in [-0.39, 0.29) is 0 Å². The summed E-state index contributed by atoms with van der Waals surface area (Å²) >= 11 is 2.27. The summed E-state index contributed by atoms with van der Waals surface area (Å²) < 4.78 is 2.12. The minimum absolute atomic E-state index is 1.04. The molecule has 8 heavy (non-hydrogen) atoms. The van der Waals surface area contributed by atoms with Gasteiger partial charge in [0.2, 0.25) is 0 Å². The monoisotopic (exact) mass is 219 g/mol. The molecular weight excluding hydrogens is 212 g/mol. The summed E-state index contributed by atoms with van der Waals surface area (Å²) in [5, 5.41) is 0. The van der Waals surface area contributed by atoms with E-state index < -0.39 is 0 Å². The van der Waals surface area contributed by atoms with E-state index in [2.05, 4.69) is 52.2 Å². The fourth-order valence-electron chi connectivity index (χ4n) is 0.559. The summed E-state index contributed by atoms with van der Waals surface area (Å²) in [6, 6.07) is 0. The molecule has 1 aliphatic heterocycles. The lowest BCUT2D eigenvalue weighted by atomic mass is 9.94. The number of rotatable bonds is 0. The van der Waals surface area contributed by atoms with Crippen LogP contribution in [-0.2, 0) is 0 Å². The summed E-state index contributed by atoms with van der Waals surface area (Å²) in [5.74, 6) is 0. The first-order chi connectivity index (χ1) is 3.79. The van der Waals surface area contributed by atoms with Crippen molar-refractivity contribution in [1.29, 1.82) is 0 Å². The molecule has 0 unspecified atom stereocenters. The van der Waals surface area contributed by atoms with Gasteiger partial charge in [-0.15, -0.1) is 0 Å². The van der Waals surface area contributed by atoms with Gasteiger partial charge in [0.15, 0.2) is 0 Å². The van der Waals surface area contributed by atoms with E-state index in [1.807, 2.05) is 0 Å². The summed E-state index contributed by atoms with van der Waals surface area (Å²) in [6.07, 6.45) is 6.39. The van der Waals surface area contributed by atoms with E-state index in [9.17, 15) is 0 Å². The number of halogens is 1. The van der Waals surface area contributed by atoms with Crippen LogP contribution in [0.2, 0.25) is 0 Å². The van der Waals surface area contributed by atoms with E-state index in [0.29, 0.717) is 0 Å². The second-order valence-corrected chi connectivity index (χ2v) is 3.09. The lowest BCUT2D eigenvalue weighted by molar-refractivity contribution is 0.741. The van der Waals surface area contributed by atoms with Gasteiger partial charge in [0, 0.05) is 12.7 Å². The fourth-order valence-corrected chi connectivity index (χ4v) is 0.916. The Kier molecular flexibility index (Phi) is 1.99. The molecule has 1 nitrogen and oxygen atoms in total. The van der Waals surface area contributed by atoms with Crippen molar-refractivity contribution in [2.24, 2.45) is 0 Å². The Hall–Kier alpha value is 0.0749. The van der Waals surface area contributed by atoms with Gasteiger partial charge in [0.05, 0.1) is 22.9 Å². The van der Waals surface area contributed by atoms with Crippen molar-refractivity contribution in [3.63, 3.8) is 0 Å². The summed E-state index contributed by atoms with van der Waals surface area (Å²) in [5.41, 5.74) is 1.36. The van der Waals surface area contributed by atoms with Gasteiger partial charge in [-0.3, -0.25) is 0 Å². The molecule has 42 valence electrons.